The van der Waals surface area contributed by atoms with Crippen LogP contribution in [0.5, 0.6) is 0 Å². The molecule has 3 nitrogen and oxygen atoms in total. The van der Waals surface area contributed by atoms with Gasteiger partial charge in [0.2, 0.25) is 0 Å². The second kappa shape index (κ2) is 11.4. The van der Waals surface area contributed by atoms with Crippen molar-refractivity contribution in [2.75, 3.05) is 4.81 Å². The molecule has 0 radical (unpaired) electrons. The number of hydrogen-bond donors (Lipinski definition) is 0. The van der Waals surface area contributed by atoms with Crippen LogP contribution in [0.3, 0.4) is 0 Å². The lowest BCUT2D eigenvalue weighted by Gasteiger charge is -2.31. The van der Waals surface area contributed by atoms with Crippen LogP contribution in [0.2, 0.25) is 0 Å². The van der Waals surface area contributed by atoms with Crippen LogP contribution >= 0.6 is 0 Å². The summed E-state index contributed by atoms with van der Waals surface area (Å²) in [5.41, 5.74) is 5.97. The Bertz CT molecular complexity index is 1110. The van der Waals surface area contributed by atoms with E-state index in [0.717, 1.165) is 49.1 Å². The molecule has 2 aliphatic heterocycles. The highest BCUT2D eigenvalue weighted by atomic mass is 15.3. The Morgan fingerprint density at radius 2 is 1.78 bits per heavy atom. The third kappa shape index (κ3) is 5.53. The normalized spacial score (nSPS) is 29.6. The number of nitrogens with zero attached hydrogens (tertiary/aromatic N) is 3. The summed E-state index contributed by atoms with van der Waals surface area (Å²) in [6.45, 7) is 22.8. The van der Waals surface area contributed by atoms with Gasteiger partial charge in [-0.25, -0.2) is 4.98 Å². The lowest BCUT2D eigenvalue weighted by atomic mass is 9.64. The number of anilines is 1. The first kappa shape index (κ1) is 26.1. The van der Waals surface area contributed by atoms with E-state index in [1.165, 1.54) is 17.0 Å². The standard InChI is InChI=1S/C32H42BN3/c1-8-29-22-31-30(21-26(29)5)36(32-15-11-12-18-34-32)33-27(6)14-10-9-13-23(2)16-17-24(3)19-25(4)20-28(7)35(31)33/h9-15,18,21-23,25-26,29H,3,6-8,16-17,19-20H2,1-2,4-5H3/b13-9-,14-10-. The summed E-state index contributed by atoms with van der Waals surface area (Å²) in [4.78, 5) is 9.58. The molecular formula is C32H42BN3. The molecule has 4 unspecified atom stereocenters. The maximum Gasteiger partial charge on any atom is 0.421 e. The van der Waals surface area contributed by atoms with Crippen molar-refractivity contribution in [2.45, 2.75) is 59.8 Å². The monoisotopic (exact) mass is 479 g/mol. The zero-order chi connectivity index (χ0) is 25.8. The van der Waals surface area contributed by atoms with Gasteiger partial charge in [-0.05, 0) is 73.4 Å². The average Bonchev–Trinajstić information content (AvgIpc) is 3.18. The first-order chi connectivity index (χ1) is 17.3. The molecule has 4 heteroatoms. The molecule has 4 rings (SSSR count). The highest BCUT2D eigenvalue weighted by Gasteiger charge is 2.48. The van der Waals surface area contributed by atoms with Gasteiger partial charge in [0.25, 0.3) is 0 Å². The van der Waals surface area contributed by atoms with Crippen molar-refractivity contribution >= 4 is 12.8 Å². The van der Waals surface area contributed by atoms with Crippen LogP contribution in [0, 0.1) is 23.7 Å². The van der Waals surface area contributed by atoms with Gasteiger partial charge in [0.1, 0.15) is 5.82 Å². The van der Waals surface area contributed by atoms with Gasteiger partial charge in [-0.3, -0.25) is 0 Å². The Morgan fingerprint density at radius 1 is 1.00 bits per heavy atom. The number of allylic oxidation sites excluding steroid dienone is 9. The van der Waals surface area contributed by atoms with Crippen LogP contribution in [-0.2, 0) is 0 Å². The fourth-order valence-electron chi connectivity index (χ4n) is 5.81. The third-order valence-corrected chi connectivity index (χ3v) is 7.81. The summed E-state index contributed by atoms with van der Waals surface area (Å²) in [6.07, 6.45) is 20.8. The molecule has 1 fully saturated rings. The average molecular weight is 480 g/mol. The van der Waals surface area contributed by atoms with Gasteiger partial charge < -0.3 is 9.62 Å². The van der Waals surface area contributed by atoms with Crippen molar-refractivity contribution in [3.05, 3.63) is 109 Å². The van der Waals surface area contributed by atoms with E-state index in [2.05, 4.69) is 106 Å². The van der Waals surface area contributed by atoms with Crippen molar-refractivity contribution in [3.8, 4) is 0 Å². The number of rotatable bonds is 2. The second-order valence-electron chi connectivity index (χ2n) is 11.0. The Kier molecular flexibility index (Phi) is 8.23. The van der Waals surface area contributed by atoms with Crippen molar-refractivity contribution in [2.24, 2.45) is 23.7 Å². The maximum atomic E-state index is 4.78. The molecule has 0 N–H and O–H groups in total. The first-order valence-corrected chi connectivity index (χ1v) is 13.6. The van der Waals surface area contributed by atoms with E-state index in [0.29, 0.717) is 23.7 Å². The second-order valence-corrected chi connectivity index (χ2v) is 11.0. The van der Waals surface area contributed by atoms with E-state index in [4.69, 9.17) is 4.98 Å². The van der Waals surface area contributed by atoms with Crippen molar-refractivity contribution in [3.63, 3.8) is 0 Å². The lowest BCUT2D eigenvalue weighted by molar-refractivity contribution is 0.464. The zero-order valence-electron chi connectivity index (χ0n) is 22.7. The summed E-state index contributed by atoms with van der Waals surface area (Å²) in [5, 5.41) is 0. The summed E-state index contributed by atoms with van der Waals surface area (Å²) in [6, 6.07) is 6.14. The fraction of sp³-hybridized carbons (Fsp3) is 0.406. The molecule has 0 spiro atoms. The molecule has 36 heavy (non-hydrogen) atoms. The van der Waals surface area contributed by atoms with Crippen LogP contribution in [-0.4, -0.2) is 16.8 Å². The number of hydrogen-bond acceptors (Lipinski definition) is 3. The summed E-state index contributed by atoms with van der Waals surface area (Å²) < 4.78 is 0. The van der Waals surface area contributed by atoms with Gasteiger partial charge in [-0.2, -0.15) is 0 Å². The maximum absolute atomic E-state index is 4.78. The quantitative estimate of drug-likeness (QED) is 0.314. The van der Waals surface area contributed by atoms with Gasteiger partial charge in [-0.1, -0.05) is 88.9 Å². The molecule has 3 aliphatic rings. The van der Waals surface area contributed by atoms with Crippen LogP contribution in [0.4, 0.5) is 5.82 Å². The molecule has 0 amide bonds. The van der Waals surface area contributed by atoms with E-state index in [-0.39, 0.29) is 6.98 Å². The summed E-state index contributed by atoms with van der Waals surface area (Å²) in [5.74, 6) is 2.90. The Hall–Kier alpha value is -3.01. The summed E-state index contributed by atoms with van der Waals surface area (Å²) in [7, 11) is 0. The van der Waals surface area contributed by atoms with Gasteiger partial charge >= 0.3 is 6.98 Å². The molecule has 3 heterocycles. The van der Waals surface area contributed by atoms with Crippen molar-refractivity contribution in [1.29, 1.82) is 0 Å². The summed E-state index contributed by atoms with van der Waals surface area (Å²) >= 11 is 0. The van der Waals surface area contributed by atoms with Gasteiger partial charge in [-0.15, -0.1) is 6.58 Å². The van der Waals surface area contributed by atoms with E-state index >= 15 is 0 Å². The topological polar surface area (TPSA) is 19.4 Å². The van der Waals surface area contributed by atoms with Crippen LogP contribution in [0.15, 0.2) is 109 Å². The molecule has 1 aromatic rings. The minimum Gasteiger partial charge on any atom is -0.364 e. The first-order valence-electron chi connectivity index (χ1n) is 13.6. The lowest BCUT2D eigenvalue weighted by Crippen LogP contribution is -2.44. The Morgan fingerprint density at radius 3 is 2.50 bits per heavy atom. The van der Waals surface area contributed by atoms with E-state index in [1.807, 2.05) is 12.3 Å². The van der Waals surface area contributed by atoms with Gasteiger partial charge in [0.05, 0.1) is 5.70 Å². The predicted molar refractivity (Wildman–Crippen MR) is 156 cm³/mol. The number of pyridine rings is 1. The van der Waals surface area contributed by atoms with Crippen LogP contribution in [0.1, 0.15) is 59.8 Å². The number of fused-ring (bicyclic) bond motifs is 3. The molecule has 0 bridgehead atoms. The third-order valence-electron chi connectivity index (χ3n) is 7.81. The van der Waals surface area contributed by atoms with E-state index in [1.54, 1.807) is 0 Å². The SMILES string of the molecule is C=C1CCC(C)/C=C\C=C/C(=C)B2N(C(=C)CC(C)C1)C1=CC(CC)C(C)C=C1N2c1ccccn1. The Balaban J connectivity index is 1.83. The Labute approximate surface area is 219 Å². The van der Waals surface area contributed by atoms with E-state index in [9.17, 15) is 0 Å². The minimum absolute atomic E-state index is 0.102. The molecule has 0 aromatic carbocycles. The molecule has 1 saturated heterocycles. The number of aromatic nitrogens is 1. The molecule has 1 aliphatic carbocycles. The van der Waals surface area contributed by atoms with E-state index < -0.39 is 0 Å². The molecule has 0 saturated carbocycles. The molecule has 188 valence electrons. The molecule has 4 atom stereocenters. The highest BCUT2D eigenvalue weighted by molar-refractivity contribution is 6.71. The smallest absolute Gasteiger partial charge is 0.364 e. The molecule has 1 aromatic heterocycles. The van der Waals surface area contributed by atoms with Gasteiger partial charge in [0, 0.05) is 17.6 Å². The zero-order valence-corrected chi connectivity index (χ0v) is 22.7. The largest absolute Gasteiger partial charge is 0.421 e. The predicted octanol–water partition coefficient (Wildman–Crippen LogP) is 8.26. The highest BCUT2D eigenvalue weighted by Crippen LogP contribution is 2.45. The minimum atomic E-state index is -0.102. The van der Waals surface area contributed by atoms with Crippen LogP contribution < -0.4 is 4.81 Å². The van der Waals surface area contributed by atoms with Crippen molar-refractivity contribution < 1.29 is 0 Å². The van der Waals surface area contributed by atoms with Crippen molar-refractivity contribution in [1.82, 2.24) is 9.79 Å². The van der Waals surface area contributed by atoms with Gasteiger partial charge in [0.15, 0.2) is 0 Å². The van der Waals surface area contributed by atoms with Crippen LogP contribution in [0.25, 0.3) is 0 Å². The molecular weight excluding hydrogens is 437 g/mol. The fourth-order valence-corrected chi connectivity index (χ4v) is 5.81.